The fourth-order valence-electron chi connectivity index (χ4n) is 7.15. The normalized spacial score (nSPS) is 26.5. The van der Waals surface area contributed by atoms with Crippen molar-refractivity contribution in [3.05, 3.63) is 156 Å². The molecule has 320 valence electrons. The number of rotatable bonds is 21. The molecular weight excluding hydrogens is 771 g/mol. The number of hydrogen-bond donors (Lipinski definition) is 2. The van der Waals surface area contributed by atoms with E-state index in [1.54, 1.807) is 6.08 Å². The van der Waals surface area contributed by atoms with E-state index < -0.39 is 73.2 Å². The van der Waals surface area contributed by atoms with Gasteiger partial charge in [-0.2, -0.15) is 0 Å². The molecule has 4 aromatic rings. The molecule has 13 nitrogen and oxygen atoms in total. The summed E-state index contributed by atoms with van der Waals surface area (Å²) in [6.45, 7) is 7.26. The monoisotopic (exact) mass is 825 g/mol. The van der Waals surface area contributed by atoms with Crippen LogP contribution < -0.4 is 5.32 Å². The van der Waals surface area contributed by atoms with Crippen LogP contribution >= 0.6 is 0 Å². The third-order valence-electron chi connectivity index (χ3n) is 9.96. The van der Waals surface area contributed by atoms with E-state index in [0.29, 0.717) is 0 Å². The molecule has 1 amide bonds. The number of carbonyl (C=O) groups is 2. The van der Waals surface area contributed by atoms with E-state index in [1.807, 2.05) is 121 Å². The Morgan fingerprint density at radius 1 is 0.617 bits per heavy atom. The molecule has 6 rings (SSSR count). The van der Waals surface area contributed by atoms with Gasteiger partial charge in [0, 0.05) is 13.8 Å². The van der Waals surface area contributed by atoms with Gasteiger partial charge in [-0.05, 0) is 22.3 Å². The topological polar surface area (TPSA) is 149 Å². The Morgan fingerprint density at radius 2 is 1.08 bits per heavy atom. The lowest BCUT2D eigenvalue weighted by Gasteiger charge is -2.49. The lowest BCUT2D eigenvalue weighted by molar-refractivity contribution is -0.356. The van der Waals surface area contributed by atoms with E-state index in [9.17, 15) is 14.7 Å². The first-order chi connectivity index (χ1) is 29.3. The summed E-state index contributed by atoms with van der Waals surface area (Å²) < 4.78 is 57.3. The summed E-state index contributed by atoms with van der Waals surface area (Å²) >= 11 is 0. The highest BCUT2D eigenvalue weighted by Crippen LogP contribution is 2.34. The van der Waals surface area contributed by atoms with Gasteiger partial charge in [-0.15, -0.1) is 6.58 Å². The maximum atomic E-state index is 13.0. The summed E-state index contributed by atoms with van der Waals surface area (Å²) in [4.78, 5) is 25.8. The maximum absolute atomic E-state index is 13.0. The van der Waals surface area contributed by atoms with E-state index in [0.717, 1.165) is 22.3 Å². The van der Waals surface area contributed by atoms with Crippen molar-refractivity contribution in [1.82, 2.24) is 5.32 Å². The predicted molar refractivity (Wildman–Crippen MR) is 220 cm³/mol. The van der Waals surface area contributed by atoms with Crippen LogP contribution in [0.25, 0.3) is 0 Å². The zero-order valence-electron chi connectivity index (χ0n) is 34.0. The van der Waals surface area contributed by atoms with Crippen LogP contribution in [0.5, 0.6) is 0 Å². The SMILES string of the molecule is C=CCO[C@H]1O[C@H](COCc2ccccc2)[C@H](O)[C@H](O[C@@H]2O[C@H](COCc3ccccc3)[C@H](OCc3ccccc3)[C@H](OC(C)=O)[C@H]2NC(C)=O)[C@H]1OCc1ccccc1. The molecule has 0 unspecified atom stereocenters. The summed E-state index contributed by atoms with van der Waals surface area (Å²) in [6.07, 6.45) is -8.34. The molecule has 0 saturated carbocycles. The summed E-state index contributed by atoms with van der Waals surface area (Å²) in [6, 6.07) is 37.2. The van der Waals surface area contributed by atoms with Crippen LogP contribution in [0.4, 0.5) is 0 Å². The Labute approximate surface area is 351 Å². The first-order valence-electron chi connectivity index (χ1n) is 20.1. The van der Waals surface area contributed by atoms with Gasteiger partial charge in [0.15, 0.2) is 18.7 Å². The molecule has 2 N–H and O–H groups in total. The zero-order chi connectivity index (χ0) is 42.1. The highest BCUT2D eigenvalue weighted by atomic mass is 16.7. The molecule has 0 aliphatic carbocycles. The lowest BCUT2D eigenvalue weighted by atomic mass is 9.94. The first kappa shape index (κ1) is 44.7. The molecule has 0 bridgehead atoms. The van der Waals surface area contributed by atoms with Crippen molar-refractivity contribution in [2.45, 2.75) is 102 Å². The summed E-state index contributed by atoms with van der Waals surface area (Å²) in [5, 5.41) is 15.1. The molecule has 10 atom stereocenters. The van der Waals surface area contributed by atoms with Gasteiger partial charge < -0.3 is 53.1 Å². The van der Waals surface area contributed by atoms with Crippen molar-refractivity contribution >= 4 is 11.9 Å². The number of amides is 1. The Hall–Kier alpha value is -4.80. The second-order valence-corrected chi connectivity index (χ2v) is 14.6. The van der Waals surface area contributed by atoms with Crippen LogP contribution in [-0.2, 0) is 78.6 Å². The van der Waals surface area contributed by atoms with E-state index in [1.165, 1.54) is 13.8 Å². The van der Waals surface area contributed by atoms with Gasteiger partial charge in [0.25, 0.3) is 0 Å². The van der Waals surface area contributed by atoms with E-state index in [4.69, 9.17) is 42.6 Å². The quantitative estimate of drug-likeness (QED) is 0.0816. The molecule has 2 fully saturated rings. The van der Waals surface area contributed by atoms with E-state index in [-0.39, 0.29) is 46.2 Å². The Balaban J connectivity index is 1.33. The van der Waals surface area contributed by atoms with Crippen molar-refractivity contribution in [1.29, 1.82) is 0 Å². The minimum absolute atomic E-state index is 0.00987. The van der Waals surface area contributed by atoms with Gasteiger partial charge in [-0.25, -0.2) is 0 Å². The molecule has 0 aromatic heterocycles. The highest BCUT2D eigenvalue weighted by Gasteiger charge is 2.54. The van der Waals surface area contributed by atoms with Crippen molar-refractivity contribution in [2.24, 2.45) is 0 Å². The van der Waals surface area contributed by atoms with E-state index in [2.05, 4.69) is 11.9 Å². The minimum Gasteiger partial charge on any atom is -0.457 e. The Kier molecular flexibility index (Phi) is 17.4. The number of esters is 1. The van der Waals surface area contributed by atoms with Gasteiger partial charge >= 0.3 is 5.97 Å². The average Bonchev–Trinajstić information content (AvgIpc) is 3.26. The standard InChI is InChI=1S/C47H55NO12/c1-4-25-54-47-45(56-29-37-23-15-8-16-24-37)44(41(51)38(58-47)30-52-26-34-17-9-5-10-18-34)60-46-40(48-32(2)49)43(57-33(3)50)42(55-28-36-21-13-7-14-22-36)39(59-46)31-53-27-35-19-11-6-12-20-35/h4-24,38-47,51H,1,25-31H2,2-3H3,(H,48,49)/t38-,39-,40-,41+,42+,43-,44+,45-,46+,47+/m1/s1. The number of ether oxygens (including phenoxy) is 9. The van der Waals surface area contributed by atoms with Gasteiger partial charge in [0.2, 0.25) is 5.91 Å². The smallest absolute Gasteiger partial charge is 0.303 e. The second kappa shape index (κ2) is 23.3. The molecular formula is C47H55NO12. The van der Waals surface area contributed by atoms with Crippen molar-refractivity contribution < 1.29 is 57.3 Å². The molecule has 60 heavy (non-hydrogen) atoms. The molecule has 0 spiro atoms. The minimum atomic E-state index is -1.36. The number of aliphatic hydroxyl groups is 1. The van der Waals surface area contributed by atoms with Crippen LogP contribution in [0, 0.1) is 0 Å². The number of benzene rings is 4. The van der Waals surface area contributed by atoms with Crippen LogP contribution in [0.2, 0.25) is 0 Å². The largest absolute Gasteiger partial charge is 0.457 e. The van der Waals surface area contributed by atoms with Crippen molar-refractivity contribution in [2.75, 3.05) is 19.8 Å². The summed E-state index contributed by atoms with van der Waals surface area (Å²) in [7, 11) is 0. The second-order valence-electron chi connectivity index (χ2n) is 14.6. The molecule has 2 heterocycles. The molecule has 13 heteroatoms. The van der Waals surface area contributed by atoms with Gasteiger partial charge in [0.1, 0.15) is 42.7 Å². The van der Waals surface area contributed by atoms with Gasteiger partial charge in [0.05, 0.1) is 46.2 Å². The number of carbonyl (C=O) groups excluding carboxylic acids is 2. The Morgan fingerprint density at radius 3 is 1.57 bits per heavy atom. The third kappa shape index (κ3) is 13.1. The fourth-order valence-corrected chi connectivity index (χ4v) is 7.15. The highest BCUT2D eigenvalue weighted by molar-refractivity contribution is 5.73. The number of hydrogen-bond acceptors (Lipinski definition) is 12. The van der Waals surface area contributed by atoms with Gasteiger partial charge in [-0.1, -0.05) is 127 Å². The molecule has 2 aliphatic rings. The van der Waals surface area contributed by atoms with Crippen molar-refractivity contribution in [3.8, 4) is 0 Å². The first-order valence-corrected chi connectivity index (χ1v) is 20.1. The number of aliphatic hydroxyl groups excluding tert-OH is 1. The maximum Gasteiger partial charge on any atom is 0.303 e. The van der Waals surface area contributed by atoms with Crippen LogP contribution in [0.1, 0.15) is 36.1 Å². The Bertz CT molecular complexity index is 1870. The summed E-state index contributed by atoms with van der Waals surface area (Å²) in [5.74, 6) is -1.06. The zero-order valence-corrected chi connectivity index (χ0v) is 34.0. The molecule has 0 radical (unpaired) electrons. The van der Waals surface area contributed by atoms with Gasteiger partial charge in [-0.3, -0.25) is 9.59 Å². The van der Waals surface area contributed by atoms with Crippen LogP contribution in [0.15, 0.2) is 134 Å². The fraction of sp³-hybridized carbons (Fsp3) is 0.404. The van der Waals surface area contributed by atoms with E-state index >= 15 is 0 Å². The third-order valence-corrected chi connectivity index (χ3v) is 9.96. The average molecular weight is 826 g/mol. The molecule has 4 aromatic carbocycles. The number of nitrogens with one attached hydrogen (secondary N) is 1. The lowest BCUT2D eigenvalue weighted by Crippen LogP contribution is -2.69. The predicted octanol–water partition coefficient (Wildman–Crippen LogP) is 5.43. The van der Waals surface area contributed by atoms with Crippen molar-refractivity contribution in [3.63, 3.8) is 0 Å². The summed E-state index contributed by atoms with van der Waals surface area (Å²) in [5.41, 5.74) is 3.60. The molecule has 2 aliphatic heterocycles. The van der Waals surface area contributed by atoms with Crippen LogP contribution in [0.3, 0.4) is 0 Å². The van der Waals surface area contributed by atoms with Crippen LogP contribution in [-0.4, -0.2) is 98.2 Å². The molecule has 2 saturated heterocycles.